The van der Waals surface area contributed by atoms with Gasteiger partial charge >= 0.3 is 11.9 Å². The van der Waals surface area contributed by atoms with Crippen molar-refractivity contribution in [2.24, 2.45) is 0 Å². The van der Waals surface area contributed by atoms with Crippen LogP contribution in [0.2, 0.25) is 0 Å². The Bertz CT molecular complexity index is 329. The number of nitrogens with one attached hydrogen (secondary N) is 1. The molecule has 1 aliphatic heterocycles. The zero-order valence-electron chi connectivity index (χ0n) is 9.38. The fourth-order valence-electron chi connectivity index (χ4n) is 1.63. The molecule has 0 radical (unpaired) electrons. The number of rotatable bonds is 5. The molecule has 7 nitrogen and oxygen atoms in total. The van der Waals surface area contributed by atoms with E-state index in [2.05, 4.69) is 5.32 Å². The van der Waals surface area contributed by atoms with Crippen LogP contribution in [0.25, 0.3) is 0 Å². The molecule has 1 amide bonds. The first-order valence-electron chi connectivity index (χ1n) is 5.30. The lowest BCUT2D eigenvalue weighted by atomic mass is 10.1. The monoisotopic (exact) mass is 245 g/mol. The number of aliphatic carboxylic acids is 2. The number of amides is 1. The van der Waals surface area contributed by atoms with E-state index in [1.165, 1.54) is 0 Å². The van der Waals surface area contributed by atoms with Crippen molar-refractivity contribution in [1.82, 2.24) is 5.32 Å². The maximum atomic E-state index is 11.6. The van der Waals surface area contributed by atoms with Crippen LogP contribution < -0.4 is 5.32 Å². The summed E-state index contributed by atoms with van der Waals surface area (Å²) in [6.07, 6.45) is -0.112. The van der Waals surface area contributed by atoms with Gasteiger partial charge in [0.05, 0.1) is 12.5 Å². The van der Waals surface area contributed by atoms with Crippen LogP contribution in [0.3, 0.4) is 0 Å². The van der Waals surface area contributed by atoms with E-state index in [1.807, 2.05) is 6.92 Å². The summed E-state index contributed by atoms with van der Waals surface area (Å²) in [7, 11) is 0. The van der Waals surface area contributed by atoms with Crippen LogP contribution in [-0.4, -0.2) is 46.3 Å². The lowest BCUT2D eigenvalue weighted by Crippen LogP contribution is -2.46. The molecule has 0 aromatic heterocycles. The SMILES string of the molecule is CC1CCC(C(=O)NC(CC(=O)O)C(=O)O)O1. The van der Waals surface area contributed by atoms with Crippen molar-refractivity contribution in [3.63, 3.8) is 0 Å². The number of hydrogen-bond donors (Lipinski definition) is 3. The van der Waals surface area contributed by atoms with Gasteiger partial charge in [0.15, 0.2) is 0 Å². The minimum atomic E-state index is -1.42. The first-order chi connectivity index (χ1) is 7.90. The summed E-state index contributed by atoms with van der Waals surface area (Å²) in [4.78, 5) is 32.7. The average molecular weight is 245 g/mol. The van der Waals surface area contributed by atoms with Crippen molar-refractivity contribution in [3.05, 3.63) is 0 Å². The summed E-state index contributed by atoms with van der Waals surface area (Å²) >= 11 is 0. The number of hydrogen-bond acceptors (Lipinski definition) is 4. The topological polar surface area (TPSA) is 113 Å². The molecule has 96 valence electrons. The minimum absolute atomic E-state index is 0.0338. The van der Waals surface area contributed by atoms with Gasteiger partial charge in [0.1, 0.15) is 12.1 Å². The predicted molar refractivity (Wildman–Crippen MR) is 55.4 cm³/mol. The van der Waals surface area contributed by atoms with E-state index in [-0.39, 0.29) is 6.10 Å². The van der Waals surface area contributed by atoms with E-state index < -0.39 is 36.4 Å². The van der Waals surface area contributed by atoms with Gasteiger partial charge in [-0.05, 0) is 19.8 Å². The highest BCUT2D eigenvalue weighted by Gasteiger charge is 2.31. The molecular formula is C10H15NO6. The molecule has 0 aromatic carbocycles. The van der Waals surface area contributed by atoms with Crippen LogP contribution in [0, 0.1) is 0 Å². The Kier molecular flexibility index (Phi) is 4.45. The van der Waals surface area contributed by atoms with Gasteiger partial charge in [-0.1, -0.05) is 0 Å². The fourth-order valence-corrected chi connectivity index (χ4v) is 1.63. The molecule has 3 unspecified atom stereocenters. The van der Waals surface area contributed by atoms with Gasteiger partial charge in [-0.3, -0.25) is 9.59 Å². The molecular weight excluding hydrogens is 230 g/mol. The third-order valence-corrected chi connectivity index (χ3v) is 2.52. The van der Waals surface area contributed by atoms with Gasteiger partial charge in [-0.15, -0.1) is 0 Å². The largest absolute Gasteiger partial charge is 0.481 e. The zero-order valence-corrected chi connectivity index (χ0v) is 9.38. The maximum Gasteiger partial charge on any atom is 0.326 e. The van der Waals surface area contributed by atoms with Crippen LogP contribution >= 0.6 is 0 Å². The lowest BCUT2D eigenvalue weighted by Gasteiger charge is -2.16. The van der Waals surface area contributed by atoms with Crippen molar-refractivity contribution < 1.29 is 29.3 Å². The number of carbonyl (C=O) groups is 3. The number of carboxylic acids is 2. The Hall–Kier alpha value is -1.63. The van der Waals surface area contributed by atoms with Gasteiger partial charge < -0.3 is 20.3 Å². The van der Waals surface area contributed by atoms with Gasteiger partial charge in [-0.2, -0.15) is 0 Å². The predicted octanol–water partition coefficient (Wildman–Crippen LogP) is -0.402. The zero-order chi connectivity index (χ0) is 13.0. The van der Waals surface area contributed by atoms with Crippen LogP contribution in [0.1, 0.15) is 26.2 Å². The minimum Gasteiger partial charge on any atom is -0.481 e. The average Bonchev–Trinajstić information content (AvgIpc) is 2.63. The molecule has 0 aliphatic carbocycles. The second-order valence-corrected chi connectivity index (χ2v) is 4.01. The second-order valence-electron chi connectivity index (χ2n) is 4.01. The third kappa shape index (κ3) is 4.03. The van der Waals surface area contributed by atoms with Gasteiger partial charge in [0.2, 0.25) is 5.91 Å². The Morgan fingerprint density at radius 2 is 2.00 bits per heavy atom. The molecule has 1 heterocycles. The molecule has 0 bridgehead atoms. The van der Waals surface area contributed by atoms with Crippen LogP contribution in [-0.2, 0) is 19.1 Å². The van der Waals surface area contributed by atoms with Crippen molar-refractivity contribution in [2.45, 2.75) is 44.4 Å². The van der Waals surface area contributed by atoms with Crippen LogP contribution in [0.4, 0.5) is 0 Å². The van der Waals surface area contributed by atoms with Crippen molar-refractivity contribution in [3.8, 4) is 0 Å². The van der Waals surface area contributed by atoms with Crippen LogP contribution in [0.5, 0.6) is 0 Å². The lowest BCUT2D eigenvalue weighted by molar-refractivity contribution is -0.148. The highest BCUT2D eigenvalue weighted by Crippen LogP contribution is 2.19. The highest BCUT2D eigenvalue weighted by molar-refractivity contribution is 5.88. The molecule has 7 heteroatoms. The fraction of sp³-hybridized carbons (Fsp3) is 0.700. The summed E-state index contributed by atoms with van der Waals surface area (Å²) in [6, 6.07) is -1.42. The molecule has 0 spiro atoms. The normalized spacial score (nSPS) is 25.2. The van der Waals surface area contributed by atoms with E-state index in [1.54, 1.807) is 0 Å². The summed E-state index contributed by atoms with van der Waals surface area (Å²) in [5, 5.41) is 19.4. The standard InChI is InChI=1S/C10H15NO6/c1-5-2-3-7(17-5)9(14)11-6(10(15)16)4-8(12)13/h5-7H,2-4H2,1H3,(H,11,14)(H,12,13)(H,15,16). The van der Waals surface area contributed by atoms with Crippen molar-refractivity contribution in [1.29, 1.82) is 0 Å². The maximum absolute atomic E-state index is 11.6. The summed E-state index contributed by atoms with van der Waals surface area (Å²) in [5.41, 5.74) is 0. The van der Waals surface area contributed by atoms with Gasteiger partial charge in [0.25, 0.3) is 0 Å². The molecule has 3 N–H and O–H groups in total. The molecule has 1 fully saturated rings. The second kappa shape index (κ2) is 5.62. The number of carboxylic acid groups (broad SMARTS) is 2. The highest BCUT2D eigenvalue weighted by atomic mass is 16.5. The Balaban J connectivity index is 2.52. The first kappa shape index (κ1) is 13.4. The Labute approximate surface area is 97.8 Å². The quantitative estimate of drug-likeness (QED) is 0.607. The smallest absolute Gasteiger partial charge is 0.326 e. The molecule has 3 atom stereocenters. The van der Waals surface area contributed by atoms with E-state index >= 15 is 0 Å². The Morgan fingerprint density at radius 1 is 1.35 bits per heavy atom. The van der Waals surface area contributed by atoms with Crippen molar-refractivity contribution >= 4 is 17.8 Å². The summed E-state index contributed by atoms with van der Waals surface area (Å²) < 4.78 is 5.26. The Morgan fingerprint density at radius 3 is 2.41 bits per heavy atom. The van der Waals surface area contributed by atoms with Gasteiger partial charge in [-0.25, -0.2) is 4.79 Å². The van der Waals surface area contributed by atoms with E-state index in [0.717, 1.165) is 6.42 Å². The number of ether oxygens (including phenoxy) is 1. The summed E-state index contributed by atoms with van der Waals surface area (Å²) in [5.74, 6) is -3.21. The third-order valence-electron chi connectivity index (χ3n) is 2.52. The molecule has 17 heavy (non-hydrogen) atoms. The molecule has 1 rings (SSSR count). The molecule has 0 saturated carbocycles. The molecule has 1 saturated heterocycles. The van der Waals surface area contributed by atoms with Crippen LogP contribution in [0.15, 0.2) is 0 Å². The van der Waals surface area contributed by atoms with Gasteiger partial charge in [0, 0.05) is 0 Å². The van der Waals surface area contributed by atoms with E-state index in [4.69, 9.17) is 14.9 Å². The van der Waals surface area contributed by atoms with Crippen molar-refractivity contribution in [2.75, 3.05) is 0 Å². The first-order valence-corrected chi connectivity index (χ1v) is 5.30. The summed E-state index contributed by atoms with van der Waals surface area (Å²) in [6.45, 7) is 1.82. The van der Waals surface area contributed by atoms with E-state index in [9.17, 15) is 14.4 Å². The molecule has 0 aromatic rings. The number of carbonyl (C=O) groups excluding carboxylic acids is 1. The van der Waals surface area contributed by atoms with E-state index in [0.29, 0.717) is 6.42 Å². The molecule has 1 aliphatic rings.